The van der Waals surface area contributed by atoms with Gasteiger partial charge in [0.1, 0.15) is 0 Å². The molecule has 0 aliphatic carbocycles. The van der Waals surface area contributed by atoms with E-state index < -0.39 is 10.7 Å². The number of benzene rings is 3. The summed E-state index contributed by atoms with van der Waals surface area (Å²) in [5.41, 5.74) is 3.46. The summed E-state index contributed by atoms with van der Waals surface area (Å²) in [6.07, 6.45) is 0. The lowest BCUT2D eigenvalue weighted by Gasteiger charge is -2.19. The summed E-state index contributed by atoms with van der Waals surface area (Å²) in [6.45, 7) is 0. The van der Waals surface area contributed by atoms with Crippen LogP contribution in [0.3, 0.4) is 0 Å². The predicted octanol–water partition coefficient (Wildman–Crippen LogP) is 3.84. The highest BCUT2D eigenvalue weighted by Gasteiger charge is 2.16. The first-order valence-corrected chi connectivity index (χ1v) is 8.28. The van der Waals surface area contributed by atoms with Gasteiger partial charge in [-0.25, -0.2) is 8.42 Å². The quantitative estimate of drug-likeness (QED) is 0.587. The van der Waals surface area contributed by atoms with Gasteiger partial charge in [-0.1, -0.05) is 72.8 Å². The Balaban J connectivity index is 2.10. The molecule has 0 unspecified atom stereocenters. The lowest BCUT2D eigenvalue weighted by atomic mass is 9.85. The van der Waals surface area contributed by atoms with Gasteiger partial charge in [-0.2, -0.15) is 0 Å². The van der Waals surface area contributed by atoms with Crippen molar-refractivity contribution in [2.45, 2.75) is 10.8 Å². The van der Waals surface area contributed by atoms with Gasteiger partial charge in [0.05, 0.1) is 4.90 Å². The third-order valence-electron chi connectivity index (χ3n) is 3.70. The maximum atomic E-state index is 11.1. The highest BCUT2D eigenvalue weighted by atomic mass is 32.2. The van der Waals surface area contributed by atoms with Crippen LogP contribution in [0.1, 0.15) is 22.6 Å². The van der Waals surface area contributed by atoms with E-state index in [0.717, 1.165) is 5.56 Å². The molecule has 3 rings (SSSR count). The molecule has 0 fully saturated rings. The molecule has 0 N–H and O–H groups in total. The van der Waals surface area contributed by atoms with Crippen LogP contribution in [0.25, 0.3) is 0 Å². The normalized spacial score (nSPS) is 11.0. The lowest BCUT2D eigenvalue weighted by molar-refractivity contribution is 0.614. The van der Waals surface area contributed by atoms with E-state index in [9.17, 15) is 8.42 Å². The molecule has 3 aromatic rings. The zero-order valence-electron chi connectivity index (χ0n) is 11.9. The summed E-state index contributed by atoms with van der Waals surface area (Å²) in [4.78, 5) is 0.346. The summed E-state index contributed by atoms with van der Waals surface area (Å²) in [7, 11) is -2.54. The molecule has 0 saturated heterocycles. The van der Waals surface area contributed by atoms with E-state index in [4.69, 9.17) is 0 Å². The Hall–Kier alpha value is -2.39. The van der Waals surface area contributed by atoms with Gasteiger partial charge in [0.25, 0.3) is 0 Å². The number of hydrogen-bond acceptors (Lipinski definition) is 2. The molecule has 0 saturated carbocycles. The Bertz CT molecular complexity index is 760. The molecule has 0 bridgehead atoms. The summed E-state index contributed by atoms with van der Waals surface area (Å²) < 4.78 is 22.1. The lowest BCUT2D eigenvalue weighted by Crippen LogP contribution is -2.03. The van der Waals surface area contributed by atoms with Gasteiger partial charge in [-0.15, -0.1) is 0 Å². The van der Waals surface area contributed by atoms with Crippen molar-refractivity contribution in [1.82, 2.24) is 0 Å². The SMILES string of the molecule is O=[SH](=O)c1ccc(C(c2ccccc2)c2ccccc2)cc1. The number of rotatable bonds is 4. The summed E-state index contributed by atoms with van der Waals surface area (Å²) in [5.74, 6) is 0.0981. The van der Waals surface area contributed by atoms with Crippen LogP contribution >= 0.6 is 0 Å². The van der Waals surface area contributed by atoms with Crippen LogP contribution in [0, 0.1) is 0 Å². The van der Waals surface area contributed by atoms with Crippen LogP contribution in [-0.2, 0) is 10.7 Å². The molecule has 0 aliphatic heterocycles. The number of hydrogen-bond donors (Lipinski definition) is 1. The van der Waals surface area contributed by atoms with E-state index in [1.54, 1.807) is 12.1 Å². The van der Waals surface area contributed by atoms with Crippen molar-refractivity contribution in [3.05, 3.63) is 102 Å². The highest BCUT2D eigenvalue weighted by molar-refractivity contribution is 7.72. The van der Waals surface area contributed by atoms with Crippen LogP contribution in [0.15, 0.2) is 89.8 Å². The van der Waals surface area contributed by atoms with Gasteiger partial charge in [0.15, 0.2) is 10.7 Å². The van der Waals surface area contributed by atoms with Crippen LogP contribution in [0.2, 0.25) is 0 Å². The number of thiol groups is 1. The average molecular weight is 308 g/mol. The smallest absolute Gasteiger partial charge is 0.168 e. The van der Waals surface area contributed by atoms with Crippen molar-refractivity contribution in [3.8, 4) is 0 Å². The highest BCUT2D eigenvalue weighted by Crippen LogP contribution is 2.31. The topological polar surface area (TPSA) is 34.1 Å². The third-order valence-corrected chi connectivity index (χ3v) is 4.42. The van der Waals surface area contributed by atoms with Gasteiger partial charge in [0.2, 0.25) is 0 Å². The van der Waals surface area contributed by atoms with Gasteiger partial charge in [-0.3, -0.25) is 0 Å². The monoisotopic (exact) mass is 308 g/mol. The zero-order chi connectivity index (χ0) is 15.4. The Labute approximate surface area is 132 Å². The van der Waals surface area contributed by atoms with E-state index in [1.165, 1.54) is 11.1 Å². The fourth-order valence-electron chi connectivity index (χ4n) is 2.66. The van der Waals surface area contributed by atoms with E-state index in [0.29, 0.717) is 4.90 Å². The minimum absolute atomic E-state index is 0.0981. The molecule has 110 valence electrons. The second-order valence-electron chi connectivity index (χ2n) is 5.10. The van der Waals surface area contributed by atoms with Crippen molar-refractivity contribution >= 4 is 10.7 Å². The van der Waals surface area contributed by atoms with Crippen molar-refractivity contribution < 1.29 is 8.42 Å². The third kappa shape index (κ3) is 3.10. The molecule has 0 aliphatic rings. The Morgan fingerprint density at radius 3 is 1.36 bits per heavy atom. The summed E-state index contributed by atoms with van der Waals surface area (Å²) >= 11 is 0. The molecule has 0 spiro atoms. The van der Waals surface area contributed by atoms with Crippen LogP contribution in [-0.4, -0.2) is 8.42 Å². The predicted molar refractivity (Wildman–Crippen MR) is 88.9 cm³/mol. The van der Waals surface area contributed by atoms with Crippen LogP contribution < -0.4 is 0 Å². The Morgan fingerprint density at radius 2 is 0.955 bits per heavy atom. The molecule has 0 heterocycles. The van der Waals surface area contributed by atoms with Gasteiger partial charge in [-0.05, 0) is 28.8 Å². The first kappa shape index (κ1) is 14.5. The summed E-state index contributed by atoms with van der Waals surface area (Å²) in [5, 5.41) is 0. The van der Waals surface area contributed by atoms with Crippen molar-refractivity contribution in [1.29, 1.82) is 0 Å². The van der Waals surface area contributed by atoms with E-state index in [-0.39, 0.29) is 5.92 Å². The minimum atomic E-state index is -2.54. The first-order valence-electron chi connectivity index (χ1n) is 7.10. The second kappa shape index (κ2) is 6.58. The molecule has 22 heavy (non-hydrogen) atoms. The standard InChI is InChI=1S/C19H16O2S/c20-22(21)18-13-11-17(12-14-18)19(15-7-3-1-4-8-15)16-9-5-2-6-10-16/h1-14,19,22H. The Morgan fingerprint density at radius 1 is 0.545 bits per heavy atom. The van der Waals surface area contributed by atoms with Gasteiger partial charge >= 0.3 is 0 Å². The van der Waals surface area contributed by atoms with E-state index in [1.807, 2.05) is 48.5 Å². The van der Waals surface area contributed by atoms with Crippen LogP contribution in [0.4, 0.5) is 0 Å². The van der Waals surface area contributed by atoms with Gasteiger partial charge < -0.3 is 0 Å². The molecule has 0 aromatic heterocycles. The molecule has 0 atom stereocenters. The maximum Gasteiger partial charge on any atom is 0.168 e. The van der Waals surface area contributed by atoms with E-state index >= 15 is 0 Å². The first-order chi connectivity index (χ1) is 10.8. The maximum absolute atomic E-state index is 11.1. The van der Waals surface area contributed by atoms with Crippen molar-refractivity contribution in [2.75, 3.05) is 0 Å². The van der Waals surface area contributed by atoms with Crippen LogP contribution in [0.5, 0.6) is 0 Å². The molecular weight excluding hydrogens is 292 g/mol. The Kier molecular flexibility index (Phi) is 4.35. The molecule has 3 aromatic carbocycles. The molecular formula is C19H16O2S. The fraction of sp³-hybridized carbons (Fsp3) is 0.0526. The molecule has 3 heteroatoms. The van der Waals surface area contributed by atoms with Crippen molar-refractivity contribution in [3.63, 3.8) is 0 Å². The second-order valence-corrected chi connectivity index (χ2v) is 6.13. The average Bonchev–Trinajstić information content (AvgIpc) is 2.57. The largest absolute Gasteiger partial charge is 0.227 e. The molecule has 0 amide bonds. The molecule has 2 nitrogen and oxygen atoms in total. The molecule has 0 radical (unpaired) electrons. The fourth-order valence-corrected chi connectivity index (χ4v) is 3.05. The minimum Gasteiger partial charge on any atom is -0.227 e. The summed E-state index contributed by atoms with van der Waals surface area (Å²) in [6, 6.07) is 27.6. The zero-order valence-corrected chi connectivity index (χ0v) is 12.8. The van der Waals surface area contributed by atoms with E-state index in [2.05, 4.69) is 24.3 Å². The van der Waals surface area contributed by atoms with Crippen molar-refractivity contribution in [2.24, 2.45) is 0 Å². The van der Waals surface area contributed by atoms with Gasteiger partial charge in [0, 0.05) is 5.92 Å².